The molecule has 0 radical (unpaired) electrons. The molecule has 4 heteroatoms. The number of H-pyrrole nitrogens is 1. The Labute approximate surface area is 129 Å². The minimum atomic E-state index is -0.333. The Hall–Kier alpha value is -2.36. The quantitative estimate of drug-likeness (QED) is 0.914. The second kappa shape index (κ2) is 5.44. The molecule has 0 spiro atoms. The van der Waals surface area contributed by atoms with E-state index in [1.165, 1.54) is 16.7 Å². The molecule has 1 amide bonds. The fourth-order valence-electron chi connectivity index (χ4n) is 2.72. The van der Waals surface area contributed by atoms with Crippen molar-refractivity contribution < 1.29 is 4.79 Å². The Kier molecular flexibility index (Phi) is 3.61. The lowest BCUT2D eigenvalue weighted by atomic mass is 10.0. The summed E-state index contributed by atoms with van der Waals surface area (Å²) in [6.45, 7) is 5.98. The first-order valence-electron chi connectivity index (χ1n) is 7.53. The van der Waals surface area contributed by atoms with Crippen LogP contribution in [-0.2, 0) is 0 Å². The first-order chi connectivity index (χ1) is 10.5. The van der Waals surface area contributed by atoms with Crippen LogP contribution in [0.3, 0.4) is 0 Å². The first kappa shape index (κ1) is 14.6. The molecule has 2 aromatic rings. The number of amides is 1. The lowest BCUT2D eigenvalue weighted by molar-refractivity contribution is 0.0949. The summed E-state index contributed by atoms with van der Waals surface area (Å²) < 4.78 is 0. The van der Waals surface area contributed by atoms with E-state index in [4.69, 9.17) is 0 Å². The molecule has 1 aromatic carbocycles. The number of nitrogens with one attached hydrogen (secondary N) is 2. The molecule has 1 aliphatic rings. The standard InChI is InChI=1S/C18H20N2O2/c1-10-4-6-13(8-11(10)2)15-9-16(15)20-18(22)14-7-5-12(3)19-17(14)21/h4-8,15-16H,9H2,1-3H3,(H,19,21)(H,20,22). The number of aryl methyl sites for hydroxylation is 3. The van der Waals surface area contributed by atoms with Gasteiger partial charge in [0.05, 0.1) is 0 Å². The molecule has 0 bridgehead atoms. The van der Waals surface area contributed by atoms with Gasteiger partial charge in [-0.3, -0.25) is 9.59 Å². The van der Waals surface area contributed by atoms with Crippen LogP contribution in [0.1, 0.15) is 45.1 Å². The number of aromatic amines is 1. The summed E-state index contributed by atoms with van der Waals surface area (Å²) in [6.07, 6.45) is 0.929. The maximum absolute atomic E-state index is 12.2. The Morgan fingerprint density at radius 2 is 1.91 bits per heavy atom. The van der Waals surface area contributed by atoms with Crippen LogP contribution in [0, 0.1) is 20.8 Å². The average Bonchev–Trinajstić information content (AvgIpc) is 3.20. The van der Waals surface area contributed by atoms with Crippen molar-refractivity contribution in [2.75, 3.05) is 0 Å². The van der Waals surface area contributed by atoms with E-state index in [0.717, 1.165) is 12.1 Å². The average molecular weight is 296 g/mol. The molecule has 3 rings (SSSR count). The first-order valence-corrected chi connectivity index (χ1v) is 7.53. The smallest absolute Gasteiger partial charge is 0.260 e. The van der Waals surface area contributed by atoms with Crippen LogP contribution in [0.4, 0.5) is 0 Å². The lowest BCUT2D eigenvalue weighted by Gasteiger charge is -2.07. The third-order valence-corrected chi connectivity index (χ3v) is 4.37. The second-order valence-electron chi connectivity index (χ2n) is 6.15. The van der Waals surface area contributed by atoms with E-state index in [1.54, 1.807) is 19.1 Å². The maximum Gasteiger partial charge on any atom is 0.260 e. The molecule has 1 aliphatic carbocycles. The van der Waals surface area contributed by atoms with Crippen LogP contribution in [0.15, 0.2) is 35.1 Å². The van der Waals surface area contributed by atoms with Gasteiger partial charge in [0.1, 0.15) is 5.56 Å². The third-order valence-electron chi connectivity index (χ3n) is 4.37. The van der Waals surface area contributed by atoms with E-state index >= 15 is 0 Å². The maximum atomic E-state index is 12.2. The van der Waals surface area contributed by atoms with Gasteiger partial charge in [0, 0.05) is 17.7 Å². The highest BCUT2D eigenvalue weighted by Gasteiger charge is 2.39. The minimum Gasteiger partial charge on any atom is -0.348 e. The summed E-state index contributed by atoms with van der Waals surface area (Å²) in [4.78, 5) is 26.6. The van der Waals surface area contributed by atoms with E-state index < -0.39 is 0 Å². The van der Waals surface area contributed by atoms with E-state index in [-0.39, 0.29) is 23.1 Å². The van der Waals surface area contributed by atoms with Gasteiger partial charge in [-0.2, -0.15) is 0 Å². The highest BCUT2D eigenvalue weighted by molar-refractivity contribution is 5.94. The van der Waals surface area contributed by atoms with Gasteiger partial charge in [0.25, 0.3) is 11.5 Å². The summed E-state index contributed by atoms with van der Waals surface area (Å²) in [5, 5.41) is 2.95. The summed E-state index contributed by atoms with van der Waals surface area (Å²) >= 11 is 0. The van der Waals surface area contributed by atoms with Crippen molar-refractivity contribution in [3.63, 3.8) is 0 Å². The zero-order valence-corrected chi connectivity index (χ0v) is 13.1. The van der Waals surface area contributed by atoms with Crippen molar-refractivity contribution in [2.24, 2.45) is 0 Å². The molecule has 114 valence electrons. The van der Waals surface area contributed by atoms with Gasteiger partial charge in [-0.15, -0.1) is 0 Å². The predicted molar refractivity (Wildman–Crippen MR) is 86.3 cm³/mol. The van der Waals surface area contributed by atoms with Crippen molar-refractivity contribution in [3.8, 4) is 0 Å². The van der Waals surface area contributed by atoms with Gasteiger partial charge in [0.15, 0.2) is 0 Å². The van der Waals surface area contributed by atoms with Crippen LogP contribution >= 0.6 is 0 Å². The molecular formula is C18H20N2O2. The lowest BCUT2D eigenvalue weighted by Crippen LogP contribution is -2.31. The van der Waals surface area contributed by atoms with Crippen molar-refractivity contribution in [3.05, 3.63) is 68.6 Å². The fourth-order valence-corrected chi connectivity index (χ4v) is 2.72. The van der Waals surface area contributed by atoms with Gasteiger partial charge in [-0.1, -0.05) is 18.2 Å². The molecule has 22 heavy (non-hydrogen) atoms. The molecule has 2 unspecified atom stereocenters. The minimum absolute atomic E-state index is 0.121. The topological polar surface area (TPSA) is 62.0 Å². The number of rotatable bonds is 3. The molecule has 1 heterocycles. The molecule has 1 aromatic heterocycles. The third kappa shape index (κ3) is 2.82. The number of aromatic nitrogens is 1. The number of carbonyl (C=O) groups is 1. The van der Waals surface area contributed by atoms with E-state index in [0.29, 0.717) is 5.92 Å². The predicted octanol–water partition coefficient (Wildman–Crippen LogP) is 2.59. The van der Waals surface area contributed by atoms with Crippen LogP contribution in [0.2, 0.25) is 0 Å². The zero-order valence-electron chi connectivity index (χ0n) is 13.1. The van der Waals surface area contributed by atoms with Gasteiger partial charge in [-0.25, -0.2) is 0 Å². The summed E-state index contributed by atoms with van der Waals surface area (Å²) in [6, 6.07) is 9.87. The van der Waals surface area contributed by atoms with Gasteiger partial charge in [-0.05, 0) is 56.0 Å². The van der Waals surface area contributed by atoms with E-state index in [2.05, 4.69) is 42.3 Å². The Morgan fingerprint density at radius 1 is 1.14 bits per heavy atom. The highest BCUT2D eigenvalue weighted by atomic mass is 16.2. The number of pyridine rings is 1. The van der Waals surface area contributed by atoms with Crippen molar-refractivity contribution in [2.45, 2.75) is 39.2 Å². The second-order valence-corrected chi connectivity index (χ2v) is 6.15. The molecule has 1 saturated carbocycles. The molecular weight excluding hydrogens is 276 g/mol. The van der Waals surface area contributed by atoms with E-state index in [9.17, 15) is 9.59 Å². The molecule has 2 N–H and O–H groups in total. The van der Waals surface area contributed by atoms with Gasteiger partial charge < -0.3 is 10.3 Å². The van der Waals surface area contributed by atoms with Crippen LogP contribution < -0.4 is 10.9 Å². The van der Waals surface area contributed by atoms with Crippen molar-refractivity contribution >= 4 is 5.91 Å². The van der Waals surface area contributed by atoms with Crippen molar-refractivity contribution in [1.29, 1.82) is 0 Å². The Morgan fingerprint density at radius 3 is 2.59 bits per heavy atom. The van der Waals surface area contributed by atoms with Crippen LogP contribution in [0.5, 0.6) is 0 Å². The monoisotopic (exact) mass is 296 g/mol. The molecule has 0 saturated heterocycles. The molecule has 4 nitrogen and oxygen atoms in total. The summed E-state index contributed by atoms with van der Waals surface area (Å²) in [7, 11) is 0. The van der Waals surface area contributed by atoms with Crippen molar-refractivity contribution in [1.82, 2.24) is 10.3 Å². The largest absolute Gasteiger partial charge is 0.348 e. The summed E-state index contributed by atoms with van der Waals surface area (Å²) in [5.41, 5.74) is 4.39. The SMILES string of the molecule is Cc1ccc(C(=O)NC2CC2c2ccc(C)c(C)c2)c(=O)[nH]1. The van der Waals surface area contributed by atoms with Crippen LogP contribution in [-0.4, -0.2) is 16.9 Å². The molecule has 2 atom stereocenters. The number of carbonyl (C=O) groups excluding carboxylic acids is 1. The van der Waals surface area contributed by atoms with E-state index in [1.807, 2.05) is 0 Å². The Balaban J connectivity index is 1.69. The molecule has 1 fully saturated rings. The molecule has 0 aliphatic heterocycles. The zero-order chi connectivity index (χ0) is 15.9. The summed E-state index contributed by atoms with van der Waals surface area (Å²) in [5.74, 6) is 0.0605. The fraction of sp³-hybridized carbons (Fsp3) is 0.333. The normalized spacial score (nSPS) is 19.8. The van der Waals surface area contributed by atoms with Crippen LogP contribution in [0.25, 0.3) is 0 Å². The number of hydrogen-bond acceptors (Lipinski definition) is 2. The van der Waals surface area contributed by atoms with Gasteiger partial charge in [0.2, 0.25) is 0 Å². The number of benzene rings is 1. The highest BCUT2D eigenvalue weighted by Crippen LogP contribution is 2.41. The Bertz CT molecular complexity index is 792. The number of hydrogen-bond donors (Lipinski definition) is 2. The van der Waals surface area contributed by atoms with Gasteiger partial charge >= 0.3 is 0 Å².